The van der Waals surface area contributed by atoms with Crippen molar-refractivity contribution in [3.8, 4) is 23.0 Å². The van der Waals surface area contributed by atoms with E-state index in [0.29, 0.717) is 17.9 Å². The highest BCUT2D eigenvalue weighted by Gasteiger charge is 2.36. The molecule has 0 fully saturated rings. The van der Waals surface area contributed by atoms with E-state index in [9.17, 15) is 19.8 Å². The van der Waals surface area contributed by atoms with Crippen LogP contribution in [0.3, 0.4) is 0 Å². The predicted octanol–water partition coefficient (Wildman–Crippen LogP) is 3.65. The molecule has 0 spiro atoms. The SMILES string of the molecule is COc1ccc(CNC(=O)[C@H]2Cc3ccccc3CN2C(=O)c2cc(Cl)c(O)cc2O)cc1OC. The van der Waals surface area contributed by atoms with Crippen LogP contribution in [0.1, 0.15) is 27.0 Å². The molecule has 3 aromatic rings. The summed E-state index contributed by atoms with van der Waals surface area (Å²) in [6, 6.07) is 14.3. The summed E-state index contributed by atoms with van der Waals surface area (Å²) in [5.41, 5.74) is 2.59. The van der Waals surface area contributed by atoms with Crippen molar-refractivity contribution in [2.45, 2.75) is 25.6 Å². The summed E-state index contributed by atoms with van der Waals surface area (Å²) in [5.74, 6) is -0.538. The molecule has 1 aliphatic rings. The second-order valence-electron chi connectivity index (χ2n) is 8.15. The van der Waals surface area contributed by atoms with Crippen LogP contribution in [-0.4, -0.2) is 47.2 Å². The van der Waals surface area contributed by atoms with E-state index in [-0.39, 0.29) is 35.3 Å². The lowest BCUT2D eigenvalue weighted by Gasteiger charge is -2.36. The maximum absolute atomic E-state index is 13.5. The van der Waals surface area contributed by atoms with E-state index in [1.54, 1.807) is 19.2 Å². The van der Waals surface area contributed by atoms with Gasteiger partial charge < -0.3 is 29.9 Å². The fourth-order valence-electron chi connectivity index (χ4n) is 4.15. The van der Waals surface area contributed by atoms with Gasteiger partial charge in [0.05, 0.1) is 24.8 Å². The third-order valence-corrected chi connectivity index (χ3v) is 6.33. The van der Waals surface area contributed by atoms with Gasteiger partial charge in [0.25, 0.3) is 5.91 Å². The summed E-state index contributed by atoms with van der Waals surface area (Å²) in [4.78, 5) is 28.2. The first-order chi connectivity index (χ1) is 16.8. The van der Waals surface area contributed by atoms with Crippen LogP contribution in [0.25, 0.3) is 0 Å². The maximum atomic E-state index is 13.5. The average molecular weight is 497 g/mol. The molecule has 2 amide bonds. The number of phenols is 2. The Hall–Kier alpha value is -3.91. The molecule has 182 valence electrons. The Morgan fingerprint density at radius 3 is 2.43 bits per heavy atom. The zero-order valence-electron chi connectivity index (χ0n) is 19.2. The van der Waals surface area contributed by atoms with Gasteiger partial charge in [0.2, 0.25) is 5.91 Å². The van der Waals surface area contributed by atoms with Crippen molar-refractivity contribution in [3.63, 3.8) is 0 Å². The molecule has 9 heteroatoms. The first-order valence-corrected chi connectivity index (χ1v) is 11.3. The molecular formula is C26H25ClN2O6. The number of phenolic OH excluding ortho intramolecular Hbond substituents is 2. The van der Waals surface area contributed by atoms with Gasteiger partial charge in [-0.2, -0.15) is 0 Å². The van der Waals surface area contributed by atoms with E-state index >= 15 is 0 Å². The van der Waals surface area contributed by atoms with Gasteiger partial charge in [-0.15, -0.1) is 0 Å². The van der Waals surface area contributed by atoms with Crippen molar-refractivity contribution >= 4 is 23.4 Å². The quantitative estimate of drug-likeness (QED) is 0.480. The monoisotopic (exact) mass is 496 g/mol. The predicted molar refractivity (Wildman–Crippen MR) is 130 cm³/mol. The number of methoxy groups -OCH3 is 2. The number of rotatable bonds is 6. The number of ether oxygens (including phenoxy) is 2. The molecule has 0 saturated carbocycles. The minimum Gasteiger partial charge on any atom is -0.507 e. The summed E-state index contributed by atoms with van der Waals surface area (Å²) in [7, 11) is 3.08. The summed E-state index contributed by atoms with van der Waals surface area (Å²) >= 11 is 5.98. The number of halogens is 1. The highest BCUT2D eigenvalue weighted by Crippen LogP contribution is 2.34. The Labute approximate surface area is 207 Å². The summed E-state index contributed by atoms with van der Waals surface area (Å²) in [6.07, 6.45) is 0.312. The highest BCUT2D eigenvalue weighted by atomic mass is 35.5. The molecule has 0 radical (unpaired) electrons. The van der Waals surface area contributed by atoms with E-state index in [0.717, 1.165) is 22.8 Å². The molecule has 3 aromatic carbocycles. The van der Waals surface area contributed by atoms with Crippen molar-refractivity contribution in [3.05, 3.63) is 81.9 Å². The number of fused-ring (bicyclic) bond motifs is 1. The van der Waals surface area contributed by atoms with Gasteiger partial charge in [-0.1, -0.05) is 41.9 Å². The summed E-state index contributed by atoms with van der Waals surface area (Å²) in [5, 5.41) is 22.9. The summed E-state index contributed by atoms with van der Waals surface area (Å²) in [6.45, 7) is 0.400. The van der Waals surface area contributed by atoms with Gasteiger partial charge >= 0.3 is 0 Å². The van der Waals surface area contributed by atoms with Crippen molar-refractivity contribution in [2.24, 2.45) is 0 Å². The molecule has 0 saturated heterocycles. The van der Waals surface area contributed by atoms with Crippen molar-refractivity contribution < 1.29 is 29.3 Å². The molecular weight excluding hydrogens is 472 g/mol. The van der Waals surface area contributed by atoms with Crippen LogP contribution < -0.4 is 14.8 Å². The molecule has 0 bridgehead atoms. The highest BCUT2D eigenvalue weighted by molar-refractivity contribution is 6.32. The lowest BCUT2D eigenvalue weighted by atomic mass is 9.92. The molecule has 3 N–H and O–H groups in total. The van der Waals surface area contributed by atoms with Gasteiger partial charge in [0, 0.05) is 25.6 Å². The van der Waals surface area contributed by atoms with Crippen LogP contribution >= 0.6 is 11.6 Å². The number of hydrogen-bond acceptors (Lipinski definition) is 6. The number of aromatic hydroxyl groups is 2. The van der Waals surface area contributed by atoms with Crippen LogP contribution in [0.2, 0.25) is 5.02 Å². The minimum absolute atomic E-state index is 0.0713. The number of hydrogen-bond donors (Lipinski definition) is 3. The van der Waals surface area contributed by atoms with Crippen LogP contribution in [0.5, 0.6) is 23.0 Å². The molecule has 1 aliphatic heterocycles. The largest absolute Gasteiger partial charge is 0.507 e. The first kappa shape index (κ1) is 24.2. The summed E-state index contributed by atoms with van der Waals surface area (Å²) < 4.78 is 10.6. The van der Waals surface area contributed by atoms with Gasteiger partial charge in [0.15, 0.2) is 11.5 Å². The number of carbonyl (C=O) groups excluding carboxylic acids is 2. The Balaban J connectivity index is 1.60. The third kappa shape index (κ3) is 4.97. The molecule has 0 unspecified atom stereocenters. The van der Waals surface area contributed by atoms with Crippen LogP contribution in [0.15, 0.2) is 54.6 Å². The molecule has 4 rings (SSSR count). The fourth-order valence-corrected chi connectivity index (χ4v) is 4.31. The normalized spacial score (nSPS) is 14.7. The maximum Gasteiger partial charge on any atom is 0.258 e. The molecule has 0 aromatic heterocycles. The van der Waals surface area contributed by atoms with Gasteiger partial charge in [-0.3, -0.25) is 9.59 Å². The smallest absolute Gasteiger partial charge is 0.258 e. The molecule has 1 heterocycles. The Kier molecular flexibility index (Phi) is 7.02. The van der Waals surface area contributed by atoms with Crippen LogP contribution in [-0.2, 0) is 24.3 Å². The van der Waals surface area contributed by atoms with Crippen molar-refractivity contribution in [1.29, 1.82) is 0 Å². The average Bonchev–Trinajstić information content (AvgIpc) is 2.87. The van der Waals surface area contributed by atoms with Gasteiger partial charge in [-0.05, 0) is 34.9 Å². The van der Waals surface area contributed by atoms with E-state index in [4.69, 9.17) is 21.1 Å². The minimum atomic E-state index is -0.815. The fraction of sp³-hybridized carbons (Fsp3) is 0.231. The topological polar surface area (TPSA) is 108 Å². The van der Waals surface area contributed by atoms with Crippen molar-refractivity contribution in [2.75, 3.05) is 14.2 Å². The van der Waals surface area contributed by atoms with Gasteiger partial charge in [0.1, 0.15) is 17.5 Å². The Bertz CT molecular complexity index is 1280. The second-order valence-corrected chi connectivity index (χ2v) is 8.56. The number of amides is 2. The third-order valence-electron chi connectivity index (χ3n) is 6.02. The van der Waals surface area contributed by atoms with Crippen LogP contribution in [0.4, 0.5) is 0 Å². The van der Waals surface area contributed by atoms with Gasteiger partial charge in [-0.25, -0.2) is 0 Å². The Morgan fingerprint density at radius 1 is 1.00 bits per heavy atom. The van der Waals surface area contributed by atoms with Crippen molar-refractivity contribution in [1.82, 2.24) is 10.2 Å². The molecule has 1 atom stereocenters. The number of benzene rings is 3. The number of carbonyl (C=O) groups is 2. The second kappa shape index (κ2) is 10.1. The number of nitrogens with one attached hydrogen (secondary N) is 1. The lowest BCUT2D eigenvalue weighted by Crippen LogP contribution is -2.52. The van der Waals surface area contributed by atoms with E-state index < -0.39 is 17.7 Å². The molecule has 8 nitrogen and oxygen atoms in total. The number of nitrogens with zero attached hydrogens (tertiary/aromatic N) is 1. The van der Waals surface area contributed by atoms with E-state index in [2.05, 4.69) is 5.32 Å². The standard InChI is InChI=1S/C26H25ClN2O6/c1-34-23-8-7-15(9-24(23)35-2)13-28-25(32)20-10-16-5-3-4-6-17(16)14-29(20)26(33)18-11-19(27)22(31)12-21(18)30/h3-9,11-12,20,30-31H,10,13-14H2,1-2H3,(H,28,32)/t20-/m1/s1. The lowest BCUT2D eigenvalue weighted by molar-refractivity contribution is -0.126. The first-order valence-electron chi connectivity index (χ1n) is 10.9. The zero-order chi connectivity index (χ0) is 25.1. The molecule has 0 aliphatic carbocycles. The molecule has 35 heavy (non-hydrogen) atoms. The van der Waals surface area contributed by atoms with E-state index in [1.807, 2.05) is 30.3 Å². The van der Waals surface area contributed by atoms with Crippen LogP contribution in [0, 0.1) is 0 Å². The zero-order valence-corrected chi connectivity index (χ0v) is 20.0. The Morgan fingerprint density at radius 2 is 1.71 bits per heavy atom. The van der Waals surface area contributed by atoms with E-state index in [1.165, 1.54) is 18.1 Å².